The van der Waals surface area contributed by atoms with Crippen LogP contribution >= 0.6 is 0 Å². The zero-order valence-electron chi connectivity index (χ0n) is 15.9. The largest absolute Gasteiger partial charge is 0.469 e. The molecule has 6 atom stereocenters. The fraction of sp³-hybridized carbons (Fsp3) is 0.773. The number of hydrogen-bond acceptors (Lipinski definition) is 4. The second-order valence-corrected chi connectivity index (χ2v) is 9.85. The van der Waals surface area contributed by atoms with Gasteiger partial charge in [0.2, 0.25) is 0 Å². The van der Waals surface area contributed by atoms with E-state index in [0.717, 1.165) is 25.7 Å². The van der Waals surface area contributed by atoms with Crippen LogP contribution in [0.4, 0.5) is 0 Å². The second kappa shape index (κ2) is 5.37. The quantitative estimate of drug-likeness (QED) is 0.805. The van der Waals surface area contributed by atoms with Crippen molar-refractivity contribution in [1.29, 1.82) is 0 Å². The Hall–Kier alpha value is -1.29. The molecule has 0 unspecified atom stereocenters. The van der Waals surface area contributed by atoms with E-state index < -0.39 is 5.60 Å². The lowest BCUT2D eigenvalue weighted by atomic mass is 9.45. The number of rotatable bonds is 2. The Morgan fingerprint density at radius 3 is 3.00 bits per heavy atom. The van der Waals surface area contributed by atoms with Gasteiger partial charge in [0.25, 0.3) is 0 Å². The molecule has 3 fully saturated rings. The molecule has 0 aliphatic heterocycles. The van der Waals surface area contributed by atoms with Crippen LogP contribution in [0.25, 0.3) is 0 Å². The minimum absolute atomic E-state index is 0.174. The summed E-state index contributed by atoms with van der Waals surface area (Å²) in [5.74, 6) is 2.45. The van der Waals surface area contributed by atoms with Crippen LogP contribution in [0.5, 0.6) is 0 Å². The maximum Gasteiger partial charge on any atom is 0.302 e. The first-order valence-electron chi connectivity index (χ1n) is 10.3. The van der Waals surface area contributed by atoms with Crippen molar-refractivity contribution in [1.82, 2.24) is 0 Å². The van der Waals surface area contributed by atoms with Crippen LogP contribution in [0, 0.1) is 22.7 Å². The SMILES string of the molecule is CC(=O)OC[C@@]1(O)C[C@]23CC[C@@H]4c5ccoc5CC[C@@]4(C)[C@@H]2CC[C@H]1C3. The summed E-state index contributed by atoms with van der Waals surface area (Å²) in [7, 11) is 0. The fourth-order valence-corrected chi connectivity index (χ4v) is 7.72. The van der Waals surface area contributed by atoms with Gasteiger partial charge in [-0.3, -0.25) is 4.79 Å². The summed E-state index contributed by atoms with van der Waals surface area (Å²) >= 11 is 0. The van der Waals surface area contributed by atoms with Crippen LogP contribution in [0.15, 0.2) is 16.7 Å². The summed E-state index contributed by atoms with van der Waals surface area (Å²) < 4.78 is 11.0. The number of carbonyl (C=O) groups excluding carboxylic acids is 1. The maximum absolute atomic E-state index is 11.4. The van der Waals surface area contributed by atoms with Gasteiger partial charge in [-0.25, -0.2) is 0 Å². The standard InChI is InChI=1S/C22H30O4/c1-14(23)26-13-22(24)12-21-9-5-17-16-7-10-25-18(16)6-8-20(17,2)19(21)4-3-15(22)11-21/h7,10,15,17,19,24H,3-6,8-9,11-13H2,1-2H3/t15-,17+,19-,20+,21+,22-/m0/s1. The van der Waals surface area contributed by atoms with Crippen LogP contribution < -0.4 is 0 Å². The highest BCUT2D eigenvalue weighted by Crippen LogP contribution is 2.72. The third kappa shape index (κ3) is 2.14. The second-order valence-electron chi connectivity index (χ2n) is 9.85. The summed E-state index contributed by atoms with van der Waals surface area (Å²) in [6.45, 7) is 4.11. The molecule has 1 aromatic rings. The van der Waals surface area contributed by atoms with Gasteiger partial charge in [-0.1, -0.05) is 6.92 Å². The Morgan fingerprint density at radius 1 is 1.35 bits per heavy atom. The third-order valence-corrected chi connectivity index (χ3v) is 8.71. The van der Waals surface area contributed by atoms with E-state index in [2.05, 4.69) is 13.0 Å². The molecule has 5 rings (SSSR count). The molecule has 142 valence electrons. The molecule has 1 spiro atoms. The number of esters is 1. The smallest absolute Gasteiger partial charge is 0.302 e. The van der Waals surface area contributed by atoms with E-state index in [1.54, 1.807) is 0 Å². The van der Waals surface area contributed by atoms with Gasteiger partial charge in [0, 0.05) is 13.3 Å². The molecule has 4 aliphatic carbocycles. The van der Waals surface area contributed by atoms with Gasteiger partial charge >= 0.3 is 5.97 Å². The number of ether oxygens (including phenoxy) is 1. The van der Waals surface area contributed by atoms with Crippen molar-refractivity contribution in [2.75, 3.05) is 6.61 Å². The van der Waals surface area contributed by atoms with Gasteiger partial charge in [-0.2, -0.15) is 0 Å². The number of aryl methyl sites for hydroxylation is 1. The highest BCUT2D eigenvalue weighted by Gasteiger charge is 2.66. The summed E-state index contributed by atoms with van der Waals surface area (Å²) in [5, 5.41) is 11.4. The minimum atomic E-state index is -0.820. The summed E-state index contributed by atoms with van der Waals surface area (Å²) in [6.07, 6.45) is 10.7. The molecule has 1 heterocycles. The lowest BCUT2D eigenvalue weighted by Crippen LogP contribution is -2.51. The van der Waals surface area contributed by atoms with E-state index in [-0.39, 0.29) is 23.9 Å². The highest BCUT2D eigenvalue weighted by atomic mass is 16.5. The Labute approximate surface area is 155 Å². The van der Waals surface area contributed by atoms with Crippen LogP contribution in [0.3, 0.4) is 0 Å². The first-order valence-corrected chi connectivity index (χ1v) is 10.3. The number of hydrogen-bond donors (Lipinski definition) is 1. The van der Waals surface area contributed by atoms with Crippen molar-refractivity contribution in [2.24, 2.45) is 22.7 Å². The van der Waals surface area contributed by atoms with Crippen LogP contribution in [-0.2, 0) is 16.0 Å². The molecule has 26 heavy (non-hydrogen) atoms. The molecule has 0 saturated heterocycles. The normalized spacial score (nSPS) is 46.2. The molecule has 0 aromatic carbocycles. The van der Waals surface area contributed by atoms with Crippen LogP contribution in [0.2, 0.25) is 0 Å². The number of carbonyl (C=O) groups is 1. The third-order valence-electron chi connectivity index (χ3n) is 8.71. The van der Waals surface area contributed by atoms with Gasteiger partial charge in [-0.05, 0) is 85.2 Å². The van der Waals surface area contributed by atoms with Crippen LogP contribution in [0.1, 0.15) is 76.0 Å². The Kier molecular flexibility index (Phi) is 3.48. The molecule has 3 saturated carbocycles. The van der Waals surface area contributed by atoms with E-state index in [1.165, 1.54) is 43.9 Å². The minimum Gasteiger partial charge on any atom is -0.469 e. The van der Waals surface area contributed by atoms with E-state index in [1.807, 2.05) is 6.26 Å². The predicted octanol–water partition coefficient (Wildman–Crippen LogP) is 4.21. The zero-order valence-corrected chi connectivity index (χ0v) is 15.9. The van der Waals surface area contributed by atoms with E-state index in [0.29, 0.717) is 17.3 Å². The van der Waals surface area contributed by atoms with Crippen molar-refractivity contribution < 1.29 is 19.1 Å². The first-order chi connectivity index (χ1) is 12.4. The monoisotopic (exact) mass is 358 g/mol. The van der Waals surface area contributed by atoms with Crippen LogP contribution in [-0.4, -0.2) is 23.3 Å². The molecule has 2 bridgehead atoms. The average Bonchev–Trinajstić information content (AvgIpc) is 3.14. The summed E-state index contributed by atoms with van der Waals surface area (Å²) in [6, 6.07) is 2.20. The van der Waals surface area contributed by atoms with Crippen molar-refractivity contribution in [3.05, 3.63) is 23.7 Å². The molecule has 4 nitrogen and oxygen atoms in total. The number of aliphatic hydroxyl groups is 1. The maximum atomic E-state index is 11.4. The van der Waals surface area contributed by atoms with E-state index in [9.17, 15) is 9.90 Å². The highest BCUT2D eigenvalue weighted by molar-refractivity contribution is 5.66. The van der Waals surface area contributed by atoms with E-state index >= 15 is 0 Å². The molecule has 0 radical (unpaired) electrons. The van der Waals surface area contributed by atoms with Gasteiger partial charge in [0.05, 0.1) is 6.26 Å². The summed E-state index contributed by atoms with van der Waals surface area (Å²) in [5.41, 5.74) is 1.15. The molecule has 4 heteroatoms. The Balaban J connectivity index is 1.47. The molecule has 1 N–H and O–H groups in total. The molecule has 1 aromatic heterocycles. The molecule has 4 aliphatic rings. The lowest BCUT2D eigenvalue weighted by Gasteiger charge is -2.59. The molecular weight excluding hydrogens is 328 g/mol. The van der Waals surface area contributed by atoms with Crippen molar-refractivity contribution in [3.63, 3.8) is 0 Å². The average molecular weight is 358 g/mol. The Morgan fingerprint density at radius 2 is 2.19 bits per heavy atom. The van der Waals surface area contributed by atoms with Crippen molar-refractivity contribution in [3.8, 4) is 0 Å². The first kappa shape index (κ1) is 16.9. The van der Waals surface area contributed by atoms with Crippen molar-refractivity contribution in [2.45, 2.75) is 76.7 Å². The number of furan rings is 1. The Bertz CT molecular complexity index is 738. The summed E-state index contributed by atoms with van der Waals surface area (Å²) in [4.78, 5) is 11.3. The fourth-order valence-electron chi connectivity index (χ4n) is 7.72. The zero-order chi connectivity index (χ0) is 18.2. The van der Waals surface area contributed by atoms with E-state index in [4.69, 9.17) is 9.15 Å². The lowest BCUT2D eigenvalue weighted by molar-refractivity contribution is -0.151. The molecular formula is C22H30O4. The van der Waals surface area contributed by atoms with Gasteiger partial charge in [-0.15, -0.1) is 0 Å². The van der Waals surface area contributed by atoms with Gasteiger partial charge in [0.1, 0.15) is 18.0 Å². The van der Waals surface area contributed by atoms with Gasteiger partial charge < -0.3 is 14.3 Å². The van der Waals surface area contributed by atoms with Crippen molar-refractivity contribution >= 4 is 5.97 Å². The number of fused-ring (bicyclic) bond motifs is 5. The predicted molar refractivity (Wildman–Crippen MR) is 96.6 cm³/mol. The van der Waals surface area contributed by atoms with Gasteiger partial charge in [0.15, 0.2) is 0 Å². The topological polar surface area (TPSA) is 59.7 Å². The molecule has 0 amide bonds.